The second-order valence-electron chi connectivity index (χ2n) is 6.55. The van der Waals surface area contributed by atoms with Crippen molar-refractivity contribution in [1.29, 1.82) is 0 Å². The predicted molar refractivity (Wildman–Crippen MR) is 115 cm³/mol. The summed E-state index contributed by atoms with van der Waals surface area (Å²) in [6, 6.07) is 8.94. The summed E-state index contributed by atoms with van der Waals surface area (Å²) < 4.78 is 6.02. The Labute approximate surface area is 179 Å². The number of carbonyl (C=O) groups is 1. The van der Waals surface area contributed by atoms with Crippen LogP contribution in [0.5, 0.6) is 5.75 Å². The minimum Gasteiger partial charge on any atom is -0.490 e. The van der Waals surface area contributed by atoms with Gasteiger partial charge in [-0.2, -0.15) is 0 Å². The Morgan fingerprint density at radius 2 is 2.07 bits per heavy atom. The third-order valence-electron chi connectivity index (χ3n) is 4.65. The molecular weight excluding hydrogens is 417 g/mol. The lowest BCUT2D eigenvalue weighted by atomic mass is 10.1. The van der Waals surface area contributed by atoms with Gasteiger partial charge in [-0.05, 0) is 43.4 Å². The molecule has 0 unspecified atom stereocenters. The highest BCUT2D eigenvalue weighted by atomic mass is 35.5. The van der Waals surface area contributed by atoms with Gasteiger partial charge >= 0.3 is 0 Å². The van der Waals surface area contributed by atoms with E-state index in [1.165, 1.54) is 11.8 Å². The van der Waals surface area contributed by atoms with Crippen LogP contribution < -0.4 is 10.1 Å². The van der Waals surface area contributed by atoms with Gasteiger partial charge in [0.2, 0.25) is 0 Å². The highest BCUT2D eigenvalue weighted by Crippen LogP contribution is 2.28. The molecule has 1 aliphatic heterocycles. The lowest BCUT2D eigenvalue weighted by Crippen LogP contribution is -2.42. The summed E-state index contributed by atoms with van der Waals surface area (Å²) >= 11 is 13.5. The number of amides is 1. The summed E-state index contributed by atoms with van der Waals surface area (Å²) in [7, 11) is 0. The van der Waals surface area contributed by atoms with E-state index in [1.54, 1.807) is 30.5 Å². The number of nitrogens with one attached hydrogen (secondary N) is 1. The average Bonchev–Trinajstić information content (AvgIpc) is 2.72. The molecule has 0 atom stereocenters. The molecule has 3 rings (SSSR count). The van der Waals surface area contributed by atoms with Gasteiger partial charge in [-0.15, -0.1) is 11.8 Å². The van der Waals surface area contributed by atoms with E-state index in [0.29, 0.717) is 22.2 Å². The van der Waals surface area contributed by atoms with Gasteiger partial charge in [0.1, 0.15) is 16.9 Å². The molecule has 1 amide bonds. The molecule has 0 saturated carbocycles. The quantitative estimate of drug-likeness (QED) is 0.648. The monoisotopic (exact) mass is 439 g/mol. The van der Waals surface area contributed by atoms with Gasteiger partial charge in [0.25, 0.3) is 5.91 Å². The molecule has 5 nitrogen and oxygen atoms in total. The van der Waals surface area contributed by atoms with E-state index >= 15 is 0 Å². The van der Waals surface area contributed by atoms with E-state index in [4.69, 9.17) is 27.9 Å². The van der Waals surface area contributed by atoms with Gasteiger partial charge in [0.05, 0.1) is 15.6 Å². The summed E-state index contributed by atoms with van der Waals surface area (Å²) in [5.41, 5.74) is 0.628. The number of hydrogen-bond acceptors (Lipinski definition) is 5. The van der Waals surface area contributed by atoms with E-state index in [-0.39, 0.29) is 12.0 Å². The van der Waals surface area contributed by atoms with Crippen LogP contribution in [-0.4, -0.2) is 54.3 Å². The third kappa shape index (κ3) is 5.77. The molecule has 0 spiro atoms. The molecule has 0 radical (unpaired) electrons. The van der Waals surface area contributed by atoms with E-state index in [0.717, 1.165) is 43.3 Å². The van der Waals surface area contributed by atoms with E-state index < -0.39 is 0 Å². The van der Waals surface area contributed by atoms with Crippen LogP contribution in [0.1, 0.15) is 23.2 Å². The van der Waals surface area contributed by atoms with Crippen molar-refractivity contribution in [2.75, 3.05) is 32.4 Å². The molecule has 28 heavy (non-hydrogen) atoms. The number of thioether (sulfide) groups is 1. The molecule has 0 aliphatic carbocycles. The number of ether oxygens (including phenoxy) is 1. The SMILES string of the molecule is CSc1ncccc1C(=O)NCCN1CCC(Oc2ccc(Cl)c(Cl)c2)CC1. The Hall–Kier alpha value is -1.47. The van der Waals surface area contributed by atoms with Crippen LogP contribution in [-0.2, 0) is 0 Å². The van der Waals surface area contributed by atoms with Crippen LogP contribution in [0.3, 0.4) is 0 Å². The van der Waals surface area contributed by atoms with Gasteiger partial charge < -0.3 is 15.0 Å². The Morgan fingerprint density at radius 1 is 1.29 bits per heavy atom. The molecule has 1 aromatic carbocycles. The minimum absolute atomic E-state index is 0.0738. The topological polar surface area (TPSA) is 54.5 Å². The van der Waals surface area contributed by atoms with Crippen molar-refractivity contribution >= 4 is 40.9 Å². The standard InChI is InChI=1S/C20H23Cl2N3O2S/c1-28-20-16(3-2-8-24-20)19(26)23-9-12-25-10-6-14(7-11-25)27-15-4-5-17(21)18(22)13-15/h2-5,8,13-14H,6-7,9-12H2,1H3,(H,23,26). The van der Waals surface area contributed by atoms with Crippen molar-refractivity contribution in [3.8, 4) is 5.75 Å². The fourth-order valence-electron chi connectivity index (χ4n) is 3.14. The number of hydrogen-bond donors (Lipinski definition) is 1. The number of halogens is 2. The zero-order valence-electron chi connectivity index (χ0n) is 15.7. The molecular formula is C20H23Cl2N3O2S. The number of pyridine rings is 1. The van der Waals surface area contributed by atoms with E-state index in [1.807, 2.05) is 12.3 Å². The second kappa shape index (κ2) is 10.3. The smallest absolute Gasteiger partial charge is 0.254 e. The summed E-state index contributed by atoms with van der Waals surface area (Å²) in [5.74, 6) is 0.677. The van der Waals surface area contributed by atoms with Crippen molar-refractivity contribution in [3.63, 3.8) is 0 Å². The summed E-state index contributed by atoms with van der Waals surface area (Å²) in [4.78, 5) is 18.9. The van der Waals surface area contributed by atoms with Crippen LogP contribution >= 0.6 is 35.0 Å². The molecule has 2 aromatic rings. The highest BCUT2D eigenvalue weighted by molar-refractivity contribution is 7.98. The summed E-state index contributed by atoms with van der Waals surface area (Å²) in [5, 5.41) is 4.78. The lowest BCUT2D eigenvalue weighted by molar-refractivity contribution is 0.0903. The number of piperidine rings is 1. The molecule has 150 valence electrons. The Kier molecular flexibility index (Phi) is 7.85. The summed E-state index contributed by atoms with van der Waals surface area (Å²) in [6.45, 7) is 3.30. The van der Waals surface area contributed by atoms with E-state index in [9.17, 15) is 4.79 Å². The van der Waals surface area contributed by atoms with Crippen molar-refractivity contribution in [2.45, 2.75) is 24.0 Å². The first kappa shape index (κ1) is 21.2. The van der Waals surface area contributed by atoms with Crippen LogP contribution in [0.25, 0.3) is 0 Å². The molecule has 8 heteroatoms. The Bertz CT molecular complexity index is 814. The highest BCUT2D eigenvalue weighted by Gasteiger charge is 2.21. The Balaban J connectivity index is 1.39. The van der Waals surface area contributed by atoms with Gasteiger partial charge in [-0.3, -0.25) is 4.79 Å². The minimum atomic E-state index is -0.0738. The van der Waals surface area contributed by atoms with Gasteiger partial charge in [-0.1, -0.05) is 23.2 Å². The number of likely N-dealkylation sites (tertiary alicyclic amines) is 1. The van der Waals surface area contributed by atoms with E-state index in [2.05, 4.69) is 15.2 Å². The van der Waals surface area contributed by atoms with Crippen molar-refractivity contribution in [3.05, 3.63) is 52.1 Å². The molecule has 1 N–H and O–H groups in total. The molecule has 1 aliphatic rings. The zero-order valence-corrected chi connectivity index (χ0v) is 18.0. The maximum atomic E-state index is 12.3. The fraction of sp³-hybridized carbons (Fsp3) is 0.400. The maximum Gasteiger partial charge on any atom is 0.254 e. The number of rotatable bonds is 7. The fourth-order valence-corrected chi connectivity index (χ4v) is 3.98. The van der Waals surface area contributed by atoms with Crippen molar-refractivity contribution < 1.29 is 9.53 Å². The first-order valence-electron chi connectivity index (χ1n) is 9.18. The first-order valence-corrected chi connectivity index (χ1v) is 11.2. The lowest BCUT2D eigenvalue weighted by Gasteiger charge is -2.32. The van der Waals surface area contributed by atoms with Gasteiger partial charge in [-0.25, -0.2) is 4.98 Å². The maximum absolute atomic E-state index is 12.3. The van der Waals surface area contributed by atoms with Gasteiger partial charge in [0, 0.05) is 38.4 Å². The van der Waals surface area contributed by atoms with Crippen LogP contribution in [0, 0.1) is 0 Å². The normalized spacial score (nSPS) is 15.4. The first-order chi connectivity index (χ1) is 13.6. The Morgan fingerprint density at radius 3 is 2.79 bits per heavy atom. The van der Waals surface area contributed by atoms with Crippen LogP contribution in [0.2, 0.25) is 10.0 Å². The molecule has 0 bridgehead atoms. The van der Waals surface area contributed by atoms with Crippen molar-refractivity contribution in [2.24, 2.45) is 0 Å². The second-order valence-corrected chi connectivity index (χ2v) is 8.16. The van der Waals surface area contributed by atoms with Gasteiger partial charge in [0.15, 0.2) is 0 Å². The van der Waals surface area contributed by atoms with Crippen LogP contribution in [0.4, 0.5) is 0 Å². The largest absolute Gasteiger partial charge is 0.490 e. The molecule has 1 saturated heterocycles. The number of nitrogens with zero attached hydrogens (tertiary/aromatic N) is 2. The third-order valence-corrected chi connectivity index (χ3v) is 6.10. The average molecular weight is 440 g/mol. The molecule has 2 heterocycles. The van der Waals surface area contributed by atoms with Crippen molar-refractivity contribution in [1.82, 2.24) is 15.2 Å². The molecule has 1 aromatic heterocycles. The predicted octanol–water partition coefficient (Wildman–Crippen LogP) is 4.38. The molecule has 1 fully saturated rings. The van der Waals surface area contributed by atoms with Crippen LogP contribution in [0.15, 0.2) is 41.6 Å². The zero-order chi connectivity index (χ0) is 19.9. The number of benzene rings is 1. The number of aromatic nitrogens is 1. The number of carbonyl (C=O) groups excluding carboxylic acids is 1. The summed E-state index contributed by atoms with van der Waals surface area (Å²) in [6.07, 6.45) is 5.67.